The van der Waals surface area contributed by atoms with E-state index < -0.39 is 0 Å². The van der Waals surface area contributed by atoms with Crippen molar-refractivity contribution in [1.29, 1.82) is 0 Å². The smallest absolute Gasteiger partial charge is 0.220 e. The first-order chi connectivity index (χ1) is 9.75. The molecule has 0 fully saturated rings. The second kappa shape index (κ2) is 7.29. The number of nitrogens with one attached hydrogen (secondary N) is 1. The summed E-state index contributed by atoms with van der Waals surface area (Å²) in [6, 6.07) is 18.8. The van der Waals surface area contributed by atoms with Crippen molar-refractivity contribution in [2.45, 2.75) is 19.8 Å². The third-order valence-corrected chi connectivity index (χ3v) is 2.96. The first-order valence-corrected chi connectivity index (χ1v) is 6.82. The number of rotatable bonds is 4. The van der Waals surface area contributed by atoms with E-state index in [0.717, 1.165) is 12.8 Å². The van der Waals surface area contributed by atoms with Crippen LogP contribution in [-0.4, -0.2) is 5.91 Å². The Balaban J connectivity index is 0.000000198. The Labute approximate surface area is 120 Å². The number of carbonyl (C=O) groups excluding carboxylic acids is 1. The fourth-order valence-corrected chi connectivity index (χ4v) is 1.83. The zero-order chi connectivity index (χ0) is 14.2. The van der Waals surface area contributed by atoms with Crippen LogP contribution in [0.1, 0.15) is 18.9 Å². The van der Waals surface area contributed by atoms with Crippen LogP contribution in [0.3, 0.4) is 0 Å². The van der Waals surface area contributed by atoms with Crippen molar-refractivity contribution in [1.82, 2.24) is 5.32 Å². The molecule has 0 heterocycles. The maximum atomic E-state index is 10.5. The van der Waals surface area contributed by atoms with Crippen molar-refractivity contribution in [2.24, 2.45) is 0 Å². The fourth-order valence-electron chi connectivity index (χ4n) is 1.83. The van der Waals surface area contributed by atoms with E-state index in [2.05, 4.69) is 41.7 Å². The summed E-state index contributed by atoms with van der Waals surface area (Å²) >= 11 is 0. The monoisotopic (exact) mass is 265 g/mol. The number of fused-ring (bicyclic) bond motifs is 1. The molecule has 1 aromatic rings. The van der Waals surface area contributed by atoms with Crippen molar-refractivity contribution < 1.29 is 4.79 Å². The third-order valence-electron chi connectivity index (χ3n) is 2.96. The van der Waals surface area contributed by atoms with Gasteiger partial charge in [0.2, 0.25) is 5.91 Å². The van der Waals surface area contributed by atoms with Crippen molar-refractivity contribution >= 4 is 5.91 Å². The van der Waals surface area contributed by atoms with Crippen molar-refractivity contribution in [3.05, 3.63) is 72.4 Å². The number of allylic oxidation sites excluding steroid dienone is 1. The van der Waals surface area contributed by atoms with E-state index in [1.807, 2.05) is 24.3 Å². The van der Waals surface area contributed by atoms with Crippen LogP contribution in [0.15, 0.2) is 66.9 Å². The van der Waals surface area contributed by atoms with Gasteiger partial charge >= 0.3 is 0 Å². The van der Waals surface area contributed by atoms with Crippen LogP contribution in [0.25, 0.3) is 11.1 Å². The summed E-state index contributed by atoms with van der Waals surface area (Å²) < 4.78 is 0. The van der Waals surface area contributed by atoms with Gasteiger partial charge in [0.25, 0.3) is 0 Å². The Kier molecular flexibility index (Phi) is 5.13. The summed E-state index contributed by atoms with van der Waals surface area (Å²) in [6.07, 6.45) is 5.63. The summed E-state index contributed by atoms with van der Waals surface area (Å²) in [7, 11) is 0. The van der Waals surface area contributed by atoms with Gasteiger partial charge in [-0.25, -0.2) is 0 Å². The molecule has 20 heavy (non-hydrogen) atoms. The van der Waals surface area contributed by atoms with Crippen LogP contribution in [-0.2, 0) is 11.2 Å². The van der Waals surface area contributed by atoms with Gasteiger partial charge in [0.05, 0.1) is 0 Å². The number of carbonyl (C=O) groups is 1. The van der Waals surface area contributed by atoms with Crippen molar-refractivity contribution in [3.8, 4) is 11.1 Å². The summed E-state index contributed by atoms with van der Waals surface area (Å²) in [5.74, 6) is -0.0269. The lowest BCUT2D eigenvalue weighted by Crippen LogP contribution is -2.11. The van der Waals surface area contributed by atoms with E-state index in [-0.39, 0.29) is 5.91 Å². The molecule has 0 atom stereocenters. The Bertz CT molecular complexity index is 570. The molecule has 0 aliphatic heterocycles. The lowest BCUT2D eigenvalue weighted by molar-refractivity contribution is -0.118. The minimum atomic E-state index is -0.0269. The van der Waals surface area contributed by atoms with Gasteiger partial charge in [-0.2, -0.15) is 0 Å². The second-order valence-corrected chi connectivity index (χ2v) is 4.71. The molecule has 1 amide bonds. The minimum absolute atomic E-state index is 0.0269. The number of benzene rings is 2. The van der Waals surface area contributed by atoms with Crippen LogP contribution >= 0.6 is 0 Å². The van der Waals surface area contributed by atoms with Gasteiger partial charge in [0.1, 0.15) is 0 Å². The molecule has 0 saturated heterocycles. The van der Waals surface area contributed by atoms with Crippen LogP contribution in [0.2, 0.25) is 0 Å². The summed E-state index contributed by atoms with van der Waals surface area (Å²) in [4.78, 5) is 10.5. The number of amides is 1. The van der Waals surface area contributed by atoms with E-state index in [9.17, 15) is 4.79 Å². The highest BCUT2D eigenvalue weighted by molar-refractivity contribution is 5.80. The van der Waals surface area contributed by atoms with Gasteiger partial charge in [0.15, 0.2) is 0 Å². The van der Waals surface area contributed by atoms with Gasteiger partial charge in [-0.1, -0.05) is 54.6 Å². The fraction of sp³-hybridized carbons (Fsp3) is 0.167. The van der Waals surface area contributed by atoms with Crippen LogP contribution in [0.5, 0.6) is 0 Å². The SMILES string of the molecule is CC(=O)NC=CCCc1ccccc1.c1cc2cc-2c1. The van der Waals surface area contributed by atoms with E-state index in [0.29, 0.717) is 0 Å². The normalized spacial score (nSPS) is 10.7. The highest BCUT2D eigenvalue weighted by Gasteiger charge is 2.06. The predicted molar refractivity (Wildman–Crippen MR) is 83.2 cm³/mol. The molecule has 3 rings (SSSR count). The van der Waals surface area contributed by atoms with Crippen LogP contribution in [0, 0.1) is 0 Å². The van der Waals surface area contributed by atoms with E-state index >= 15 is 0 Å². The molecule has 1 N–H and O–H groups in total. The maximum Gasteiger partial charge on any atom is 0.220 e. The van der Waals surface area contributed by atoms with E-state index in [4.69, 9.17) is 0 Å². The molecule has 0 spiro atoms. The lowest BCUT2D eigenvalue weighted by Gasteiger charge is -1.96. The largest absolute Gasteiger partial charge is 0.333 e. The average molecular weight is 265 g/mol. The topological polar surface area (TPSA) is 29.1 Å². The Morgan fingerprint density at radius 1 is 1.05 bits per heavy atom. The first-order valence-electron chi connectivity index (χ1n) is 6.82. The highest BCUT2D eigenvalue weighted by Crippen LogP contribution is 2.32. The molecule has 0 bridgehead atoms. The number of aryl methyl sites for hydroxylation is 1. The Morgan fingerprint density at radius 2 is 1.75 bits per heavy atom. The Hall–Kier alpha value is -2.35. The number of hydrogen-bond donors (Lipinski definition) is 1. The molecule has 0 radical (unpaired) electrons. The molecular formula is C18H19NO. The standard InChI is InChI=1S/C12H15NO.C6H4/c1-11(14)13-10-6-5-9-12-7-3-2-4-8-12;1-2-5-4-6(5)3-1/h2-4,6-8,10H,5,9H2,1H3,(H,13,14);1-4H. The van der Waals surface area contributed by atoms with Gasteiger partial charge in [-0.15, -0.1) is 0 Å². The van der Waals surface area contributed by atoms with Crippen LogP contribution in [0.4, 0.5) is 0 Å². The quantitative estimate of drug-likeness (QED) is 0.760. The zero-order valence-corrected chi connectivity index (χ0v) is 11.7. The first kappa shape index (κ1) is 14.1. The molecular weight excluding hydrogens is 246 g/mol. The molecule has 0 unspecified atom stereocenters. The summed E-state index contributed by atoms with van der Waals surface area (Å²) in [6.45, 7) is 1.50. The molecule has 0 aromatic heterocycles. The van der Waals surface area contributed by atoms with Gasteiger partial charge in [0, 0.05) is 6.92 Å². The summed E-state index contributed by atoms with van der Waals surface area (Å²) in [5, 5.41) is 2.61. The molecule has 2 aliphatic rings. The van der Waals surface area contributed by atoms with Crippen LogP contribution < -0.4 is 5.32 Å². The Morgan fingerprint density at radius 3 is 2.25 bits per heavy atom. The number of hydrogen-bond acceptors (Lipinski definition) is 1. The maximum absolute atomic E-state index is 10.5. The zero-order valence-electron chi connectivity index (χ0n) is 11.7. The van der Waals surface area contributed by atoms with Gasteiger partial charge < -0.3 is 5.32 Å². The predicted octanol–water partition coefficient (Wildman–Crippen LogP) is 3.94. The second-order valence-electron chi connectivity index (χ2n) is 4.71. The molecule has 0 saturated carbocycles. The van der Waals surface area contributed by atoms with E-state index in [1.54, 1.807) is 6.20 Å². The molecule has 2 heteroatoms. The molecule has 2 aliphatic carbocycles. The minimum Gasteiger partial charge on any atom is -0.333 e. The van der Waals surface area contributed by atoms with Gasteiger partial charge in [-0.3, -0.25) is 4.79 Å². The summed E-state index contributed by atoms with van der Waals surface area (Å²) in [5.41, 5.74) is 4.17. The van der Waals surface area contributed by atoms with Gasteiger partial charge in [-0.05, 0) is 41.8 Å². The van der Waals surface area contributed by atoms with Crippen molar-refractivity contribution in [3.63, 3.8) is 0 Å². The molecule has 102 valence electrons. The average Bonchev–Trinajstić information content (AvgIpc) is 3.06. The molecule has 1 aromatic carbocycles. The van der Waals surface area contributed by atoms with E-state index in [1.165, 1.54) is 23.6 Å². The highest BCUT2D eigenvalue weighted by atomic mass is 16.1. The van der Waals surface area contributed by atoms with Crippen molar-refractivity contribution in [2.75, 3.05) is 0 Å². The lowest BCUT2D eigenvalue weighted by atomic mass is 10.1. The molecule has 2 nitrogen and oxygen atoms in total. The third kappa shape index (κ3) is 5.11.